The number of anilines is 1. The van der Waals surface area contributed by atoms with Gasteiger partial charge in [0.2, 0.25) is 0 Å². The maximum Gasteiger partial charge on any atom is 0.409 e. The van der Waals surface area contributed by atoms with Crippen molar-refractivity contribution >= 4 is 39.6 Å². The Morgan fingerprint density at radius 3 is 2.64 bits per heavy atom. The number of carbonyl (C=O) groups excluding carboxylic acids is 2. The lowest BCUT2D eigenvalue weighted by atomic mass is 9.89. The Kier molecular flexibility index (Phi) is 7.44. The lowest BCUT2D eigenvalue weighted by Crippen LogP contribution is -2.51. The van der Waals surface area contributed by atoms with Crippen LogP contribution in [0.4, 0.5) is 10.6 Å². The molecule has 2 amide bonds. The number of pyridine rings is 1. The second-order valence-electron chi connectivity index (χ2n) is 12.6. The number of likely N-dealkylation sites (tertiary alicyclic amines) is 1. The van der Waals surface area contributed by atoms with Crippen LogP contribution >= 0.6 is 0 Å². The predicted molar refractivity (Wildman–Crippen MR) is 168 cm³/mol. The van der Waals surface area contributed by atoms with E-state index in [1.54, 1.807) is 11.1 Å². The Morgan fingerprint density at radius 2 is 1.93 bits per heavy atom. The molecule has 44 heavy (non-hydrogen) atoms. The molecule has 1 aliphatic carbocycles. The van der Waals surface area contributed by atoms with E-state index in [0.29, 0.717) is 43.2 Å². The van der Waals surface area contributed by atoms with E-state index in [-0.39, 0.29) is 23.8 Å². The summed E-state index contributed by atoms with van der Waals surface area (Å²) in [6, 6.07) is 4.15. The van der Waals surface area contributed by atoms with Gasteiger partial charge in [-0.1, -0.05) is 19.4 Å². The van der Waals surface area contributed by atoms with Gasteiger partial charge in [-0.3, -0.25) is 14.3 Å². The van der Waals surface area contributed by atoms with Crippen LogP contribution in [0, 0.1) is 12.8 Å². The summed E-state index contributed by atoms with van der Waals surface area (Å²) in [4.78, 5) is 32.1. The molecule has 1 atom stereocenters. The van der Waals surface area contributed by atoms with Gasteiger partial charge in [-0.2, -0.15) is 5.10 Å². The van der Waals surface area contributed by atoms with Crippen LogP contribution in [-0.2, 0) is 15.9 Å². The number of hydrogen-bond acceptors (Lipinski definition) is 7. The average molecular weight is 600 g/mol. The van der Waals surface area contributed by atoms with Crippen molar-refractivity contribution in [2.24, 2.45) is 11.7 Å². The van der Waals surface area contributed by atoms with E-state index in [0.717, 1.165) is 90.5 Å². The first kappa shape index (κ1) is 28.6. The lowest BCUT2D eigenvalue weighted by Gasteiger charge is -2.38. The zero-order valence-corrected chi connectivity index (χ0v) is 25.6. The van der Waals surface area contributed by atoms with Crippen LogP contribution in [0.3, 0.4) is 0 Å². The monoisotopic (exact) mass is 599 g/mol. The van der Waals surface area contributed by atoms with Crippen molar-refractivity contribution < 1.29 is 19.1 Å². The molecule has 0 radical (unpaired) electrons. The number of amides is 2. The van der Waals surface area contributed by atoms with Gasteiger partial charge in [-0.05, 0) is 75.0 Å². The molecular weight excluding hydrogens is 558 g/mol. The summed E-state index contributed by atoms with van der Waals surface area (Å²) < 4.78 is 15.5. The molecule has 7 rings (SSSR count). The molecule has 3 aromatic heterocycles. The van der Waals surface area contributed by atoms with Crippen LogP contribution in [0.5, 0.6) is 0 Å². The van der Waals surface area contributed by atoms with Crippen molar-refractivity contribution in [3.63, 3.8) is 0 Å². The summed E-state index contributed by atoms with van der Waals surface area (Å²) in [5, 5.41) is 6.37. The number of carbonyl (C=O) groups is 2. The minimum Gasteiger partial charge on any atom is -0.449 e. The van der Waals surface area contributed by atoms with E-state index in [9.17, 15) is 9.59 Å². The molecule has 232 valence electrons. The number of fused-ring (bicyclic) bond motifs is 2. The maximum atomic E-state index is 12.9. The number of ether oxygens (including phenoxy) is 2. The Hall–Kier alpha value is -4.12. The number of unbranched alkanes of at least 4 members (excludes halogenated alkanes) is 1. The fourth-order valence-corrected chi connectivity index (χ4v) is 6.96. The molecule has 4 N–H and O–H groups in total. The largest absolute Gasteiger partial charge is 0.449 e. The molecule has 1 aromatic carbocycles. The molecular formula is C33H41N7O4. The quantitative estimate of drug-likeness (QED) is 0.247. The normalized spacial score (nSPS) is 19.0. The summed E-state index contributed by atoms with van der Waals surface area (Å²) in [7, 11) is 0. The number of aryl methyl sites for hydroxylation is 1. The van der Waals surface area contributed by atoms with E-state index in [4.69, 9.17) is 31.0 Å². The molecule has 1 unspecified atom stereocenters. The number of rotatable bonds is 9. The number of primary amides is 1. The van der Waals surface area contributed by atoms with Gasteiger partial charge in [-0.25, -0.2) is 9.48 Å². The lowest BCUT2D eigenvalue weighted by molar-refractivity contribution is -0.0366. The van der Waals surface area contributed by atoms with E-state index in [1.165, 1.54) is 0 Å². The van der Waals surface area contributed by atoms with Crippen LogP contribution in [-0.4, -0.2) is 62.5 Å². The first-order valence-corrected chi connectivity index (χ1v) is 16.0. The van der Waals surface area contributed by atoms with Crippen molar-refractivity contribution in [2.45, 2.75) is 77.4 Å². The summed E-state index contributed by atoms with van der Waals surface area (Å²) in [5.74, 6) is 0.326. The minimum atomic E-state index is -0.584. The van der Waals surface area contributed by atoms with Crippen molar-refractivity contribution in [3.05, 3.63) is 46.9 Å². The van der Waals surface area contributed by atoms with Gasteiger partial charge in [0.05, 0.1) is 35.1 Å². The standard InChI is InChI=1S/C33H41N7O4/c1-3-4-12-44-33(42)38-17-20(18-38)14-22-28(21-9-10-21)36-15-24-27(32(35)41)31(34)39(30(22)24)29-19(2)8-11-25-23(29)16-37-40(25)26-7-5-6-13-43-26/h8,11,15-16,20-21,26H,3-7,9-10,12-14,17-18,34H2,1-2H3,(H2,35,41). The van der Waals surface area contributed by atoms with E-state index in [2.05, 4.69) is 26.0 Å². The first-order valence-electron chi connectivity index (χ1n) is 16.0. The summed E-state index contributed by atoms with van der Waals surface area (Å²) >= 11 is 0. The highest BCUT2D eigenvalue weighted by Gasteiger charge is 2.37. The Balaban J connectivity index is 1.35. The number of nitrogens with two attached hydrogens (primary N) is 2. The molecule has 4 aromatic rings. The number of aromatic nitrogens is 4. The van der Waals surface area contributed by atoms with Crippen LogP contribution < -0.4 is 11.5 Å². The van der Waals surface area contributed by atoms with E-state index in [1.807, 2.05) is 15.4 Å². The van der Waals surface area contributed by atoms with Gasteiger partial charge < -0.3 is 25.8 Å². The third-order valence-electron chi connectivity index (χ3n) is 9.42. The van der Waals surface area contributed by atoms with Gasteiger partial charge in [-0.15, -0.1) is 0 Å². The van der Waals surface area contributed by atoms with Crippen molar-refractivity contribution in [3.8, 4) is 5.69 Å². The summed E-state index contributed by atoms with van der Waals surface area (Å²) in [6.45, 7) is 6.53. The third-order valence-corrected chi connectivity index (χ3v) is 9.42. The van der Waals surface area contributed by atoms with Gasteiger partial charge in [0.15, 0.2) is 6.23 Å². The van der Waals surface area contributed by atoms with Crippen molar-refractivity contribution in [1.29, 1.82) is 0 Å². The fraction of sp³-hybridized carbons (Fsp3) is 0.515. The van der Waals surface area contributed by atoms with Crippen LogP contribution in [0.1, 0.15) is 91.2 Å². The van der Waals surface area contributed by atoms with E-state index >= 15 is 0 Å². The smallest absolute Gasteiger partial charge is 0.409 e. The predicted octanol–water partition coefficient (Wildman–Crippen LogP) is 5.35. The minimum absolute atomic E-state index is 0.117. The number of nitrogen functional groups attached to an aromatic ring is 1. The molecule has 2 aliphatic heterocycles. The molecule has 5 heterocycles. The number of hydrogen-bond donors (Lipinski definition) is 2. The molecule has 0 spiro atoms. The average Bonchev–Trinajstić information content (AvgIpc) is 3.67. The highest BCUT2D eigenvalue weighted by Crippen LogP contribution is 2.46. The topological polar surface area (TPSA) is 144 Å². The van der Waals surface area contributed by atoms with Gasteiger partial charge in [0, 0.05) is 48.3 Å². The highest BCUT2D eigenvalue weighted by molar-refractivity contribution is 6.13. The highest BCUT2D eigenvalue weighted by atomic mass is 16.6. The second-order valence-corrected chi connectivity index (χ2v) is 12.6. The number of nitrogens with zero attached hydrogens (tertiary/aromatic N) is 5. The second kappa shape index (κ2) is 11.4. The van der Waals surface area contributed by atoms with Crippen LogP contribution in [0.25, 0.3) is 27.5 Å². The van der Waals surface area contributed by atoms with Gasteiger partial charge in [0.25, 0.3) is 5.91 Å². The Morgan fingerprint density at radius 1 is 1.11 bits per heavy atom. The zero-order chi connectivity index (χ0) is 30.5. The SMILES string of the molecule is CCCCOC(=O)N1CC(Cc2c(C3CC3)ncc3c(C(N)=O)c(N)n(-c4c(C)ccc5c4cnn5C4CCCCO4)c23)C1. The molecule has 0 bridgehead atoms. The molecule has 3 aliphatic rings. The molecule has 11 heteroatoms. The maximum absolute atomic E-state index is 12.9. The summed E-state index contributed by atoms with van der Waals surface area (Å²) in [5.41, 5.74) is 19.0. The van der Waals surface area contributed by atoms with Crippen molar-refractivity contribution in [1.82, 2.24) is 24.2 Å². The molecule has 2 saturated heterocycles. The molecule has 11 nitrogen and oxygen atoms in total. The third kappa shape index (κ3) is 4.87. The molecule has 3 fully saturated rings. The first-order chi connectivity index (χ1) is 21.4. The fourth-order valence-electron chi connectivity index (χ4n) is 6.96. The zero-order valence-electron chi connectivity index (χ0n) is 25.6. The van der Waals surface area contributed by atoms with Crippen LogP contribution in [0.15, 0.2) is 24.5 Å². The number of benzene rings is 1. The van der Waals surface area contributed by atoms with Gasteiger partial charge >= 0.3 is 6.09 Å². The van der Waals surface area contributed by atoms with E-state index < -0.39 is 5.91 Å². The summed E-state index contributed by atoms with van der Waals surface area (Å²) in [6.07, 6.45) is 11.0. The Labute approximate surface area is 256 Å². The van der Waals surface area contributed by atoms with Crippen LogP contribution in [0.2, 0.25) is 0 Å². The van der Waals surface area contributed by atoms with Crippen molar-refractivity contribution in [2.75, 3.05) is 32.0 Å². The Bertz CT molecular complexity index is 1740. The molecule has 1 saturated carbocycles. The van der Waals surface area contributed by atoms with Gasteiger partial charge in [0.1, 0.15) is 5.82 Å².